The second-order valence-corrected chi connectivity index (χ2v) is 4.21. The van der Waals surface area contributed by atoms with Crippen LogP contribution in [0.25, 0.3) is 0 Å². The van der Waals surface area contributed by atoms with Crippen molar-refractivity contribution in [1.29, 1.82) is 0 Å². The Labute approximate surface area is 80.4 Å². The molecule has 0 heterocycles. The molecule has 78 valence electrons. The van der Waals surface area contributed by atoms with E-state index in [9.17, 15) is 14.7 Å². The summed E-state index contributed by atoms with van der Waals surface area (Å²) in [6.45, 7) is 0. The zero-order valence-electron chi connectivity index (χ0n) is 7.56. The van der Waals surface area contributed by atoms with E-state index < -0.39 is 28.9 Å². The Morgan fingerprint density at radius 1 is 1.14 bits per heavy atom. The molecule has 0 bridgehead atoms. The van der Waals surface area contributed by atoms with E-state index in [0.29, 0.717) is 12.8 Å². The predicted octanol–water partition coefficient (Wildman–Crippen LogP) is 0.0769. The number of aliphatic hydroxyl groups is 1. The van der Waals surface area contributed by atoms with Crippen LogP contribution in [0.1, 0.15) is 25.7 Å². The van der Waals surface area contributed by atoms with E-state index in [2.05, 4.69) is 0 Å². The van der Waals surface area contributed by atoms with Crippen molar-refractivity contribution in [3.05, 3.63) is 0 Å². The first-order chi connectivity index (χ1) is 6.47. The molecule has 0 aromatic carbocycles. The van der Waals surface area contributed by atoms with Crippen LogP contribution in [-0.2, 0) is 9.59 Å². The van der Waals surface area contributed by atoms with Gasteiger partial charge in [0.15, 0.2) is 5.60 Å². The Morgan fingerprint density at radius 2 is 1.64 bits per heavy atom. The average molecular weight is 200 g/mol. The van der Waals surface area contributed by atoms with Gasteiger partial charge in [0.25, 0.3) is 0 Å². The lowest BCUT2D eigenvalue weighted by molar-refractivity contribution is -0.155. The average Bonchev–Trinajstić information content (AvgIpc) is 2.44. The summed E-state index contributed by atoms with van der Waals surface area (Å²) in [7, 11) is 0. The molecule has 2 aliphatic carbocycles. The summed E-state index contributed by atoms with van der Waals surface area (Å²) in [4.78, 5) is 21.7. The summed E-state index contributed by atoms with van der Waals surface area (Å²) in [5.74, 6) is -3.71. The molecular weight excluding hydrogens is 188 g/mol. The minimum Gasteiger partial charge on any atom is -0.481 e. The summed E-state index contributed by atoms with van der Waals surface area (Å²) in [5.41, 5.74) is -2.90. The molecule has 3 N–H and O–H groups in total. The smallest absolute Gasteiger partial charge is 0.337 e. The molecule has 2 saturated carbocycles. The van der Waals surface area contributed by atoms with Gasteiger partial charge < -0.3 is 15.3 Å². The number of carboxylic acids is 2. The molecule has 0 aromatic rings. The van der Waals surface area contributed by atoms with Crippen LogP contribution in [-0.4, -0.2) is 32.9 Å². The Morgan fingerprint density at radius 3 is 1.93 bits per heavy atom. The van der Waals surface area contributed by atoms with E-state index in [1.165, 1.54) is 0 Å². The van der Waals surface area contributed by atoms with Gasteiger partial charge in [-0.3, -0.25) is 4.79 Å². The molecule has 1 spiro atoms. The predicted molar refractivity (Wildman–Crippen MR) is 44.6 cm³/mol. The first kappa shape index (κ1) is 9.45. The van der Waals surface area contributed by atoms with Gasteiger partial charge in [-0.2, -0.15) is 0 Å². The summed E-state index contributed by atoms with van der Waals surface area (Å²) >= 11 is 0. The number of carbonyl (C=O) groups is 2. The third-order valence-corrected chi connectivity index (χ3v) is 3.71. The van der Waals surface area contributed by atoms with Crippen molar-refractivity contribution in [3.63, 3.8) is 0 Å². The quantitative estimate of drug-likeness (QED) is 0.586. The normalized spacial score (nSPS) is 38.5. The van der Waals surface area contributed by atoms with Gasteiger partial charge in [-0.25, -0.2) is 4.79 Å². The van der Waals surface area contributed by atoms with E-state index >= 15 is 0 Å². The van der Waals surface area contributed by atoms with Crippen LogP contribution in [0.4, 0.5) is 0 Å². The van der Waals surface area contributed by atoms with Crippen LogP contribution in [0.2, 0.25) is 0 Å². The van der Waals surface area contributed by atoms with Crippen molar-refractivity contribution >= 4 is 11.9 Å². The van der Waals surface area contributed by atoms with Crippen molar-refractivity contribution in [1.82, 2.24) is 0 Å². The highest BCUT2D eigenvalue weighted by Gasteiger charge is 2.83. The Kier molecular flexibility index (Phi) is 1.67. The molecule has 2 unspecified atom stereocenters. The second-order valence-electron chi connectivity index (χ2n) is 4.21. The third-order valence-electron chi connectivity index (χ3n) is 3.71. The van der Waals surface area contributed by atoms with E-state index in [4.69, 9.17) is 10.2 Å². The molecule has 2 aliphatic rings. The number of aliphatic carboxylic acids is 2. The van der Waals surface area contributed by atoms with Crippen molar-refractivity contribution in [2.24, 2.45) is 11.3 Å². The van der Waals surface area contributed by atoms with E-state index in [1.807, 2.05) is 0 Å². The molecule has 0 aromatic heterocycles. The molecule has 0 saturated heterocycles. The van der Waals surface area contributed by atoms with Gasteiger partial charge in [-0.05, 0) is 12.8 Å². The van der Waals surface area contributed by atoms with Gasteiger partial charge in [0, 0.05) is 5.41 Å². The molecular formula is C9H12O5. The molecule has 5 nitrogen and oxygen atoms in total. The minimum atomic E-state index is -2.02. The maximum Gasteiger partial charge on any atom is 0.337 e. The number of hydrogen-bond donors (Lipinski definition) is 3. The number of rotatable bonds is 2. The van der Waals surface area contributed by atoms with Crippen molar-refractivity contribution in [3.8, 4) is 0 Å². The van der Waals surface area contributed by atoms with Crippen LogP contribution in [0.3, 0.4) is 0 Å². The van der Waals surface area contributed by atoms with Crippen LogP contribution < -0.4 is 0 Å². The Hall–Kier alpha value is -1.10. The van der Waals surface area contributed by atoms with Crippen LogP contribution in [0.5, 0.6) is 0 Å². The molecule has 5 heteroatoms. The summed E-state index contributed by atoms with van der Waals surface area (Å²) < 4.78 is 0. The molecule has 2 rings (SSSR count). The number of carboxylic acid groups (broad SMARTS) is 2. The summed E-state index contributed by atoms with van der Waals surface area (Å²) in [6.07, 6.45) is 2.62. The Balaban J connectivity index is 2.35. The van der Waals surface area contributed by atoms with Crippen molar-refractivity contribution in [2.75, 3.05) is 0 Å². The van der Waals surface area contributed by atoms with Gasteiger partial charge in [-0.15, -0.1) is 0 Å². The monoisotopic (exact) mass is 200 g/mol. The van der Waals surface area contributed by atoms with Crippen LogP contribution >= 0.6 is 0 Å². The number of hydrogen-bond acceptors (Lipinski definition) is 3. The Bertz CT molecular complexity index is 304. The molecule has 0 aliphatic heterocycles. The molecule has 0 amide bonds. The zero-order chi connectivity index (χ0) is 10.6. The van der Waals surface area contributed by atoms with Gasteiger partial charge >= 0.3 is 11.9 Å². The summed E-state index contributed by atoms with van der Waals surface area (Å²) in [5, 5.41) is 27.5. The second kappa shape index (κ2) is 2.48. The molecule has 2 atom stereocenters. The first-order valence-electron chi connectivity index (χ1n) is 4.65. The fourth-order valence-corrected chi connectivity index (χ4v) is 3.00. The van der Waals surface area contributed by atoms with Crippen molar-refractivity contribution in [2.45, 2.75) is 31.3 Å². The van der Waals surface area contributed by atoms with Crippen molar-refractivity contribution < 1.29 is 24.9 Å². The summed E-state index contributed by atoms with van der Waals surface area (Å²) in [6, 6.07) is 0. The maximum atomic E-state index is 10.8. The first-order valence-corrected chi connectivity index (χ1v) is 4.65. The fourth-order valence-electron chi connectivity index (χ4n) is 3.00. The zero-order valence-corrected chi connectivity index (χ0v) is 7.56. The topological polar surface area (TPSA) is 94.8 Å². The lowest BCUT2D eigenvalue weighted by Gasteiger charge is -2.09. The van der Waals surface area contributed by atoms with E-state index in [-0.39, 0.29) is 0 Å². The fraction of sp³-hybridized carbons (Fsp3) is 0.778. The van der Waals surface area contributed by atoms with E-state index in [0.717, 1.165) is 12.8 Å². The largest absolute Gasteiger partial charge is 0.481 e. The highest BCUT2D eigenvalue weighted by molar-refractivity contribution is 5.94. The molecule has 2 fully saturated rings. The molecule has 0 radical (unpaired) electrons. The van der Waals surface area contributed by atoms with Gasteiger partial charge in [-0.1, -0.05) is 12.8 Å². The van der Waals surface area contributed by atoms with Gasteiger partial charge in [0.1, 0.15) is 5.92 Å². The molecule has 14 heavy (non-hydrogen) atoms. The minimum absolute atomic E-state index is 0.507. The SMILES string of the molecule is O=C(O)C1C2(CCCC2)C1(O)C(=O)O. The highest BCUT2D eigenvalue weighted by Crippen LogP contribution is 2.70. The van der Waals surface area contributed by atoms with Gasteiger partial charge in [0.05, 0.1) is 0 Å². The lowest BCUT2D eigenvalue weighted by atomic mass is 9.99. The maximum absolute atomic E-state index is 10.8. The van der Waals surface area contributed by atoms with E-state index in [1.54, 1.807) is 0 Å². The highest BCUT2D eigenvalue weighted by atomic mass is 16.4. The van der Waals surface area contributed by atoms with Crippen LogP contribution in [0.15, 0.2) is 0 Å². The third kappa shape index (κ3) is 0.785. The standard InChI is InChI=1S/C9H12O5/c10-6(11)5-8(3-1-2-4-8)9(5,14)7(12)13/h5,14H,1-4H2,(H,10,11)(H,12,13). The lowest BCUT2D eigenvalue weighted by Crippen LogP contribution is -2.30. The van der Waals surface area contributed by atoms with Crippen LogP contribution in [0, 0.1) is 11.3 Å². The van der Waals surface area contributed by atoms with Gasteiger partial charge in [0.2, 0.25) is 0 Å².